The van der Waals surface area contributed by atoms with Gasteiger partial charge >= 0.3 is 5.97 Å². The number of hydrogen-bond acceptors (Lipinski definition) is 3. The number of carbonyl (C=O) groups is 2. The molecule has 1 rings (SSSR count). The smallest absolute Gasteiger partial charge is 0.313 e. The van der Waals surface area contributed by atoms with Crippen LogP contribution < -0.4 is 0 Å². The molecule has 3 nitrogen and oxygen atoms in total. The summed E-state index contributed by atoms with van der Waals surface area (Å²) in [6.07, 6.45) is 3.98. The molecule has 0 aromatic carbocycles. The van der Waals surface area contributed by atoms with Crippen molar-refractivity contribution in [3.63, 3.8) is 0 Å². The fourth-order valence-electron chi connectivity index (χ4n) is 1.92. The van der Waals surface area contributed by atoms with Gasteiger partial charge < -0.3 is 4.74 Å². The highest BCUT2D eigenvalue weighted by molar-refractivity contribution is 5.94. The van der Waals surface area contributed by atoms with Gasteiger partial charge in [-0.15, -0.1) is 0 Å². The topological polar surface area (TPSA) is 43.4 Å². The van der Waals surface area contributed by atoms with Gasteiger partial charge in [0, 0.05) is 0 Å². The van der Waals surface area contributed by atoms with E-state index in [1.165, 1.54) is 6.92 Å². The minimum Gasteiger partial charge on any atom is -0.462 e. The van der Waals surface area contributed by atoms with Gasteiger partial charge in [-0.2, -0.15) is 0 Å². The summed E-state index contributed by atoms with van der Waals surface area (Å²) in [7, 11) is 0. The highest BCUT2D eigenvalue weighted by Gasteiger charge is 2.28. The maximum atomic E-state index is 11.2. The molecule has 1 saturated carbocycles. The van der Waals surface area contributed by atoms with Crippen molar-refractivity contribution in [1.82, 2.24) is 0 Å². The van der Waals surface area contributed by atoms with Crippen molar-refractivity contribution >= 4 is 11.8 Å². The van der Waals surface area contributed by atoms with E-state index in [2.05, 4.69) is 13.8 Å². The molecule has 1 aliphatic carbocycles. The Balaban J connectivity index is 2.29. The summed E-state index contributed by atoms with van der Waals surface area (Å²) in [5.41, 5.74) is 0.378. The van der Waals surface area contributed by atoms with Gasteiger partial charge in [0.2, 0.25) is 0 Å². The van der Waals surface area contributed by atoms with Crippen molar-refractivity contribution in [2.45, 2.75) is 59.0 Å². The predicted octanol–water partition coefficient (Wildman–Crippen LogP) is 2.48. The lowest BCUT2D eigenvalue weighted by Gasteiger charge is -2.33. The zero-order chi connectivity index (χ0) is 11.5. The van der Waals surface area contributed by atoms with Crippen LogP contribution in [-0.4, -0.2) is 17.9 Å². The van der Waals surface area contributed by atoms with E-state index >= 15 is 0 Å². The van der Waals surface area contributed by atoms with Crippen molar-refractivity contribution in [3.05, 3.63) is 0 Å². The first-order valence-electron chi connectivity index (χ1n) is 5.58. The first-order chi connectivity index (χ1) is 6.89. The average molecular weight is 212 g/mol. The third-order valence-corrected chi connectivity index (χ3v) is 2.98. The lowest BCUT2D eigenvalue weighted by molar-refractivity contribution is -0.153. The van der Waals surface area contributed by atoms with Gasteiger partial charge in [0.1, 0.15) is 18.3 Å². The van der Waals surface area contributed by atoms with Crippen molar-refractivity contribution in [3.8, 4) is 0 Å². The molecule has 0 saturated heterocycles. The fraction of sp³-hybridized carbons (Fsp3) is 0.833. The SMILES string of the molecule is CC(=O)CC(=O)OC1CCC(C)(C)CC1. The Bertz CT molecular complexity index is 246. The van der Waals surface area contributed by atoms with E-state index in [1.807, 2.05) is 0 Å². The molecule has 1 fully saturated rings. The number of Topliss-reactive ketones (excluding diaryl/α,β-unsaturated/α-hetero) is 1. The molecule has 0 N–H and O–H groups in total. The number of hydrogen-bond donors (Lipinski definition) is 0. The summed E-state index contributed by atoms with van der Waals surface area (Å²) >= 11 is 0. The maximum absolute atomic E-state index is 11.2. The second-order valence-electron chi connectivity index (χ2n) is 5.23. The monoisotopic (exact) mass is 212 g/mol. The van der Waals surface area contributed by atoms with Gasteiger partial charge in [-0.3, -0.25) is 9.59 Å². The van der Waals surface area contributed by atoms with Crippen molar-refractivity contribution < 1.29 is 14.3 Å². The quantitative estimate of drug-likeness (QED) is 0.533. The summed E-state index contributed by atoms with van der Waals surface area (Å²) in [5.74, 6) is -0.497. The Morgan fingerprint density at radius 2 is 1.80 bits per heavy atom. The third kappa shape index (κ3) is 4.45. The molecule has 0 unspecified atom stereocenters. The first kappa shape index (κ1) is 12.2. The van der Waals surface area contributed by atoms with E-state index in [-0.39, 0.29) is 24.3 Å². The largest absolute Gasteiger partial charge is 0.462 e. The number of ether oxygens (including phenoxy) is 1. The standard InChI is InChI=1S/C12H20O3/c1-9(13)8-11(14)15-10-4-6-12(2,3)7-5-10/h10H,4-8H2,1-3H3. The Hall–Kier alpha value is -0.860. The average Bonchev–Trinajstić information content (AvgIpc) is 2.07. The minimum atomic E-state index is -0.368. The number of carbonyl (C=O) groups excluding carboxylic acids is 2. The molecule has 0 aromatic heterocycles. The molecule has 0 atom stereocenters. The van der Waals surface area contributed by atoms with Gasteiger partial charge in [-0.05, 0) is 38.0 Å². The molecule has 0 bridgehead atoms. The number of rotatable bonds is 3. The normalized spacial score (nSPS) is 21.0. The zero-order valence-electron chi connectivity index (χ0n) is 9.84. The van der Waals surface area contributed by atoms with Crippen LogP contribution in [0.5, 0.6) is 0 Å². The molecular weight excluding hydrogens is 192 g/mol. The predicted molar refractivity (Wildman–Crippen MR) is 57.4 cm³/mol. The van der Waals surface area contributed by atoms with Crippen LogP contribution in [0.2, 0.25) is 0 Å². The lowest BCUT2D eigenvalue weighted by Crippen LogP contribution is -2.28. The van der Waals surface area contributed by atoms with E-state index in [9.17, 15) is 9.59 Å². The molecule has 0 heterocycles. The highest BCUT2D eigenvalue weighted by Crippen LogP contribution is 2.36. The van der Waals surface area contributed by atoms with E-state index in [1.54, 1.807) is 0 Å². The van der Waals surface area contributed by atoms with Gasteiger partial charge in [0.25, 0.3) is 0 Å². The lowest BCUT2D eigenvalue weighted by atomic mass is 9.76. The minimum absolute atomic E-state index is 0.0323. The van der Waals surface area contributed by atoms with E-state index < -0.39 is 0 Å². The van der Waals surface area contributed by atoms with Gasteiger partial charge in [-0.1, -0.05) is 13.8 Å². The Morgan fingerprint density at radius 1 is 1.27 bits per heavy atom. The first-order valence-corrected chi connectivity index (χ1v) is 5.58. The number of ketones is 1. The molecule has 3 heteroatoms. The van der Waals surface area contributed by atoms with Crippen molar-refractivity contribution in [2.75, 3.05) is 0 Å². The second kappa shape index (κ2) is 4.77. The van der Waals surface area contributed by atoms with Crippen molar-refractivity contribution in [2.24, 2.45) is 5.41 Å². The summed E-state index contributed by atoms with van der Waals surface area (Å²) < 4.78 is 5.24. The second-order valence-corrected chi connectivity index (χ2v) is 5.23. The molecule has 86 valence electrons. The number of esters is 1. The summed E-state index contributed by atoms with van der Waals surface area (Å²) in [4.78, 5) is 21.9. The van der Waals surface area contributed by atoms with E-state index in [4.69, 9.17) is 4.74 Å². The highest BCUT2D eigenvalue weighted by atomic mass is 16.5. The van der Waals surface area contributed by atoms with Gasteiger partial charge in [0.05, 0.1) is 0 Å². The third-order valence-electron chi connectivity index (χ3n) is 2.98. The summed E-state index contributed by atoms with van der Waals surface area (Å²) in [6, 6.07) is 0. The van der Waals surface area contributed by atoms with Crippen LogP contribution in [-0.2, 0) is 14.3 Å². The summed E-state index contributed by atoms with van der Waals surface area (Å²) in [5, 5.41) is 0. The fourth-order valence-corrected chi connectivity index (χ4v) is 1.92. The Morgan fingerprint density at radius 3 is 2.27 bits per heavy atom. The van der Waals surface area contributed by atoms with Crippen molar-refractivity contribution in [1.29, 1.82) is 0 Å². The molecule has 1 aliphatic rings. The van der Waals surface area contributed by atoms with Gasteiger partial charge in [-0.25, -0.2) is 0 Å². The van der Waals surface area contributed by atoms with E-state index in [0.29, 0.717) is 5.41 Å². The molecule has 0 spiro atoms. The van der Waals surface area contributed by atoms with Crippen LogP contribution in [0, 0.1) is 5.41 Å². The Kier molecular flexibility index (Phi) is 3.89. The van der Waals surface area contributed by atoms with Crippen LogP contribution >= 0.6 is 0 Å². The molecule has 0 radical (unpaired) electrons. The van der Waals surface area contributed by atoms with Crippen LogP contribution in [0.15, 0.2) is 0 Å². The molecule has 0 aliphatic heterocycles. The van der Waals surface area contributed by atoms with Gasteiger partial charge in [0.15, 0.2) is 0 Å². The van der Waals surface area contributed by atoms with Crippen LogP contribution in [0.25, 0.3) is 0 Å². The zero-order valence-corrected chi connectivity index (χ0v) is 9.84. The molecule has 15 heavy (non-hydrogen) atoms. The van der Waals surface area contributed by atoms with E-state index in [0.717, 1.165) is 25.7 Å². The molecule has 0 amide bonds. The van der Waals surface area contributed by atoms with Crippen LogP contribution in [0.4, 0.5) is 0 Å². The molecule has 0 aromatic rings. The van der Waals surface area contributed by atoms with Crippen LogP contribution in [0.1, 0.15) is 52.9 Å². The van der Waals surface area contributed by atoms with Crippen LogP contribution in [0.3, 0.4) is 0 Å². The Labute approximate surface area is 91.2 Å². The summed E-state index contributed by atoms with van der Waals surface area (Å²) in [6.45, 7) is 5.88. The molecular formula is C12H20O3. The maximum Gasteiger partial charge on any atom is 0.313 e.